The Hall–Kier alpha value is -1.43. The van der Waals surface area contributed by atoms with Crippen molar-refractivity contribution >= 4 is 5.91 Å². The van der Waals surface area contributed by atoms with Crippen LogP contribution in [0.25, 0.3) is 0 Å². The average molecular weight is 210 g/mol. The van der Waals surface area contributed by atoms with Crippen LogP contribution in [0.15, 0.2) is 4.52 Å². The van der Waals surface area contributed by atoms with Crippen molar-refractivity contribution < 1.29 is 9.32 Å². The number of hydrogen-bond acceptors (Lipinski definition) is 5. The normalized spacial score (nSPS) is 25.5. The van der Waals surface area contributed by atoms with Crippen LogP contribution in [0, 0.1) is 6.92 Å². The number of nitrogens with two attached hydrogens (primary N) is 1. The van der Waals surface area contributed by atoms with Crippen molar-refractivity contribution in [3.8, 4) is 0 Å². The molecular weight excluding hydrogens is 196 g/mol. The van der Waals surface area contributed by atoms with Crippen LogP contribution in [0.4, 0.5) is 0 Å². The van der Waals surface area contributed by atoms with Crippen molar-refractivity contribution in [3.05, 3.63) is 11.7 Å². The van der Waals surface area contributed by atoms with Gasteiger partial charge in [-0.1, -0.05) is 5.16 Å². The lowest BCUT2D eigenvalue weighted by Gasteiger charge is -2.15. The van der Waals surface area contributed by atoms with E-state index in [-0.39, 0.29) is 23.8 Å². The molecule has 6 nitrogen and oxygen atoms in total. The lowest BCUT2D eigenvalue weighted by molar-refractivity contribution is 0.0921. The first-order valence-corrected chi connectivity index (χ1v) is 5.03. The van der Waals surface area contributed by atoms with Gasteiger partial charge in [-0.15, -0.1) is 0 Å². The van der Waals surface area contributed by atoms with Crippen molar-refractivity contribution in [2.45, 2.75) is 38.3 Å². The number of nitrogens with zero attached hydrogens (tertiary/aromatic N) is 2. The van der Waals surface area contributed by atoms with Gasteiger partial charge in [0.25, 0.3) is 11.7 Å². The van der Waals surface area contributed by atoms with Crippen molar-refractivity contribution in [2.24, 2.45) is 5.73 Å². The zero-order valence-electron chi connectivity index (χ0n) is 8.56. The number of carbonyl (C=O) groups excluding carboxylic acids is 1. The molecule has 1 amide bonds. The van der Waals surface area contributed by atoms with E-state index in [1.165, 1.54) is 0 Å². The van der Waals surface area contributed by atoms with Crippen molar-refractivity contribution in [3.63, 3.8) is 0 Å². The van der Waals surface area contributed by atoms with Gasteiger partial charge >= 0.3 is 0 Å². The Balaban J connectivity index is 1.97. The first-order chi connectivity index (χ1) is 7.16. The quantitative estimate of drug-likeness (QED) is 0.715. The van der Waals surface area contributed by atoms with Gasteiger partial charge in [-0.25, -0.2) is 0 Å². The molecule has 82 valence electrons. The summed E-state index contributed by atoms with van der Waals surface area (Å²) < 4.78 is 4.72. The van der Waals surface area contributed by atoms with Crippen molar-refractivity contribution in [1.29, 1.82) is 0 Å². The van der Waals surface area contributed by atoms with E-state index in [0.717, 1.165) is 19.3 Å². The summed E-state index contributed by atoms with van der Waals surface area (Å²) >= 11 is 0. The molecule has 1 aromatic heterocycles. The van der Waals surface area contributed by atoms with Gasteiger partial charge in [-0.05, 0) is 19.3 Å². The highest BCUT2D eigenvalue weighted by Crippen LogP contribution is 2.17. The van der Waals surface area contributed by atoms with Crippen LogP contribution in [-0.2, 0) is 0 Å². The number of amides is 1. The van der Waals surface area contributed by atoms with E-state index in [0.29, 0.717) is 5.89 Å². The maximum atomic E-state index is 11.6. The minimum atomic E-state index is -0.311. The van der Waals surface area contributed by atoms with Crippen LogP contribution >= 0.6 is 0 Å². The topological polar surface area (TPSA) is 94.0 Å². The van der Waals surface area contributed by atoms with Gasteiger partial charge in [0.05, 0.1) is 0 Å². The number of hydrogen-bond donors (Lipinski definition) is 2. The van der Waals surface area contributed by atoms with E-state index < -0.39 is 0 Å². The van der Waals surface area contributed by atoms with E-state index in [4.69, 9.17) is 10.3 Å². The number of aryl methyl sites for hydroxylation is 1. The van der Waals surface area contributed by atoms with Gasteiger partial charge in [-0.2, -0.15) is 4.98 Å². The highest BCUT2D eigenvalue weighted by atomic mass is 16.5. The second-order valence-corrected chi connectivity index (χ2v) is 3.81. The molecule has 1 heterocycles. The monoisotopic (exact) mass is 210 g/mol. The Morgan fingerprint density at radius 2 is 2.40 bits per heavy atom. The fourth-order valence-corrected chi connectivity index (χ4v) is 1.79. The van der Waals surface area contributed by atoms with E-state index in [1.54, 1.807) is 6.92 Å². The number of rotatable bonds is 2. The van der Waals surface area contributed by atoms with E-state index in [9.17, 15) is 4.79 Å². The summed E-state index contributed by atoms with van der Waals surface area (Å²) in [6, 6.07) is 0.0817. The summed E-state index contributed by atoms with van der Waals surface area (Å²) in [4.78, 5) is 15.5. The molecule has 1 aromatic rings. The van der Waals surface area contributed by atoms with E-state index in [1.807, 2.05) is 0 Å². The Bertz CT molecular complexity index is 363. The molecule has 2 unspecified atom stereocenters. The fourth-order valence-electron chi connectivity index (χ4n) is 1.79. The van der Waals surface area contributed by atoms with Crippen LogP contribution in [0.5, 0.6) is 0 Å². The zero-order valence-corrected chi connectivity index (χ0v) is 8.56. The Kier molecular flexibility index (Phi) is 2.68. The van der Waals surface area contributed by atoms with E-state index >= 15 is 0 Å². The third-order valence-electron chi connectivity index (χ3n) is 2.62. The molecule has 0 aromatic carbocycles. The minimum Gasteiger partial charge on any atom is -0.345 e. The van der Waals surface area contributed by atoms with Gasteiger partial charge in [0.2, 0.25) is 5.89 Å². The lowest BCUT2D eigenvalue weighted by Crippen LogP contribution is -2.44. The SMILES string of the molecule is Cc1nc(C(=O)NC2CCCC2N)no1. The second kappa shape index (κ2) is 3.98. The van der Waals surface area contributed by atoms with Crippen LogP contribution in [0.2, 0.25) is 0 Å². The standard InChI is InChI=1S/C9H14N4O2/c1-5-11-8(13-15-5)9(14)12-7-4-2-3-6(7)10/h6-7H,2-4,10H2,1H3,(H,12,14). The molecule has 0 saturated heterocycles. The summed E-state index contributed by atoms with van der Waals surface area (Å²) in [7, 11) is 0. The Morgan fingerprint density at radius 1 is 1.60 bits per heavy atom. The minimum absolute atomic E-state index is 0.0382. The highest BCUT2D eigenvalue weighted by Gasteiger charge is 2.26. The number of carbonyl (C=O) groups is 1. The molecule has 6 heteroatoms. The number of nitrogens with one attached hydrogen (secondary N) is 1. The summed E-state index contributed by atoms with van der Waals surface area (Å²) in [6.45, 7) is 1.64. The first kappa shape index (κ1) is 10.1. The molecule has 1 fully saturated rings. The molecular formula is C9H14N4O2. The third-order valence-corrected chi connectivity index (χ3v) is 2.62. The summed E-state index contributed by atoms with van der Waals surface area (Å²) in [6.07, 6.45) is 2.93. The predicted molar refractivity (Wildman–Crippen MR) is 52.1 cm³/mol. The lowest BCUT2D eigenvalue weighted by atomic mass is 10.2. The van der Waals surface area contributed by atoms with Crippen LogP contribution in [-0.4, -0.2) is 28.1 Å². The summed E-state index contributed by atoms with van der Waals surface area (Å²) in [5.74, 6) is 0.150. The molecule has 3 N–H and O–H groups in total. The second-order valence-electron chi connectivity index (χ2n) is 3.81. The zero-order chi connectivity index (χ0) is 10.8. The van der Waals surface area contributed by atoms with Gasteiger partial charge < -0.3 is 15.6 Å². The molecule has 0 spiro atoms. The molecule has 0 bridgehead atoms. The number of aromatic nitrogens is 2. The molecule has 1 aliphatic rings. The van der Waals surface area contributed by atoms with Gasteiger partial charge in [0, 0.05) is 19.0 Å². The van der Waals surface area contributed by atoms with Crippen molar-refractivity contribution in [1.82, 2.24) is 15.5 Å². The smallest absolute Gasteiger partial charge is 0.292 e. The van der Waals surface area contributed by atoms with Gasteiger partial charge in [-0.3, -0.25) is 4.79 Å². The summed E-state index contributed by atoms with van der Waals surface area (Å²) in [5.41, 5.74) is 5.83. The van der Waals surface area contributed by atoms with Gasteiger partial charge in [0.15, 0.2) is 0 Å². The molecule has 2 rings (SSSR count). The largest absolute Gasteiger partial charge is 0.345 e. The van der Waals surface area contributed by atoms with Crippen LogP contribution in [0.3, 0.4) is 0 Å². The average Bonchev–Trinajstić information content (AvgIpc) is 2.77. The fraction of sp³-hybridized carbons (Fsp3) is 0.667. The molecule has 2 atom stereocenters. The molecule has 0 aliphatic heterocycles. The van der Waals surface area contributed by atoms with Gasteiger partial charge in [0.1, 0.15) is 0 Å². The van der Waals surface area contributed by atoms with Crippen molar-refractivity contribution in [2.75, 3.05) is 0 Å². The molecule has 0 radical (unpaired) electrons. The Morgan fingerprint density at radius 3 is 2.93 bits per heavy atom. The predicted octanol–water partition coefficient (Wildman–Crippen LogP) is -0.0124. The first-order valence-electron chi connectivity index (χ1n) is 5.03. The Labute approximate surface area is 87.2 Å². The maximum Gasteiger partial charge on any atom is 0.292 e. The highest BCUT2D eigenvalue weighted by molar-refractivity contribution is 5.90. The molecule has 15 heavy (non-hydrogen) atoms. The maximum absolute atomic E-state index is 11.6. The summed E-state index contributed by atoms with van der Waals surface area (Å²) in [5, 5.41) is 6.35. The van der Waals surface area contributed by atoms with E-state index in [2.05, 4.69) is 15.5 Å². The van der Waals surface area contributed by atoms with Crippen LogP contribution in [0.1, 0.15) is 35.8 Å². The van der Waals surface area contributed by atoms with Crippen LogP contribution < -0.4 is 11.1 Å². The molecule has 1 aliphatic carbocycles. The molecule has 1 saturated carbocycles. The third kappa shape index (κ3) is 2.15.